The number of aliphatic hydroxyl groups excluding tert-OH is 2. The van der Waals surface area contributed by atoms with Crippen molar-refractivity contribution in [3.05, 3.63) is 35.4 Å². The number of rotatable bonds is 4. The SMILES string of the molecule is CC(O)CN(C)Cc1cccc(C#CCO)c1. The van der Waals surface area contributed by atoms with Gasteiger partial charge in [-0.1, -0.05) is 24.0 Å². The number of likely N-dealkylation sites (N-methyl/N-ethyl adjacent to an activating group) is 1. The monoisotopic (exact) mass is 233 g/mol. The van der Waals surface area contributed by atoms with Gasteiger partial charge < -0.3 is 10.2 Å². The minimum Gasteiger partial charge on any atom is -0.392 e. The Morgan fingerprint density at radius 1 is 1.41 bits per heavy atom. The minimum absolute atomic E-state index is 0.119. The number of hydrogen-bond acceptors (Lipinski definition) is 3. The van der Waals surface area contributed by atoms with Crippen molar-refractivity contribution in [1.29, 1.82) is 0 Å². The zero-order valence-electron chi connectivity index (χ0n) is 10.3. The van der Waals surface area contributed by atoms with Gasteiger partial charge in [0.15, 0.2) is 0 Å². The molecule has 3 heteroatoms. The van der Waals surface area contributed by atoms with Gasteiger partial charge in [-0.05, 0) is 31.7 Å². The van der Waals surface area contributed by atoms with Crippen molar-refractivity contribution >= 4 is 0 Å². The smallest absolute Gasteiger partial charge is 0.104 e. The van der Waals surface area contributed by atoms with Gasteiger partial charge in [0.1, 0.15) is 6.61 Å². The number of hydrogen-bond donors (Lipinski definition) is 2. The lowest BCUT2D eigenvalue weighted by Crippen LogP contribution is -2.26. The zero-order chi connectivity index (χ0) is 12.7. The predicted molar refractivity (Wildman–Crippen MR) is 68.4 cm³/mol. The molecule has 0 radical (unpaired) electrons. The van der Waals surface area contributed by atoms with Crippen molar-refractivity contribution in [3.63, 3.8) is 0 Å². The maximum atomic E-state index is 9.28. The topological polar surface area (TPSA) is 43.7 Å². The first-order valence-corrected chi connectivity index (χ1v) is 5.67. The highest BCUT2D eigenvalue weighted by molar-refractivity contribution is 5.37. The molecule has 0 aliphatic carbocycles. The Hall–Kier alpha value is -1.34. The highest BCUT2D eigenvalue weighted by atomic mass is 16.3. The van der Waals surface area contributed by atoms with E-state index in [0.717, 1.165) is 17.7 Å². The third-order valence-electron chi connectivity index (χ3n) is 2.27. The number of aliphatic hydroxyl groups is 2. The summed E-state index contributed by atoms with van der Waals surface area (Å²) in [7, 11) is 1.97. The van der Waals surface area contributed by atoms with E-state index in [4.69, 9.17) is 5.11 Å². The lowest BCUT2D eigenvalue weighted by Gasteiger charge is -2.18. The van der Waals surface area contributed by atoms with E-state index in [9.17, 15) is 5.11 Å². The second-order valence-corrected chi connectivity index (χ2v) is 4.21. The highest BCUT2D eigenvalue weighted by Crippen LogP contribution is 2.07. The summed E-state index contributed by atoms with van der Waals surface area (Å²) >= 11 is 0. The first kappa shape index (κ1) is 13.7. The first-order valence-electron chi connectivity index (χ1n) is 5.67. The van der Waals surface area contributed by atoms with Gasteiger partial charge in [0.25, 0.3) is 0 Å². The summed E-state index contributed by atoms with van der Waals surface area (Å²) in [4.78, 5) is 2.06. The van der Waals surface area contributed by atoms with Crippen molar-refractivity contribution in [2.75, 3.05) is 20.2 Å². The van der Waals surface area contributed by atoms with Gasteiger partial charge in [-0.2, -0.15) is 0 Å². The van der Waals surface area contributed by atoms with Gasteiger partial charge in [-0.3, -0.25) is 4.90 Å². The van der Waals surface area contributed by atoms with Crippen LogP contribution < -0.4 is 0 Å². The van der Waals surface area contributed by atoms with E-state index in [2.05, 4.69) is 16.7 Å². The molecule has 92 valence electrons. The highest BCUT2D eigenvalue weighted by Gasteiger charge is 2.03. The van der Waals surface area contributed by atoms with Crippen LogP contribution in [0.25, 0.3) is 0 Å². The van der Waals surface area contributed by atoms with E-state index in [-0.39, 0.29) is 12.7 Å². The average molecular weight is 233 g/mol. The van der Waals surface area contributed by atoms with Crippen molar-refractivity contribution in [2.24, 2.45) is 0 Å². The number of benzene rings is 1. The molecule has 0 saturated heterocycles. The van der Waals surface area contributed by atoms with E-state index in [1.54, 1.807) is 6.92 Å². The molecule has 0 spiro atoms. The second kappa shape index (κ2) is 7.08. The Morgan fingerprint density at radius 3 is 2.82 bits per heavy atom. The molecule has 0 aromatic heterocycles. The molecule has 0 bridgehead atoms. The summed E-state index contributed by atoms with van der Waals surface area (Å²) in [5, 5.41) is 17.9. The van der Waals surface area contributed by atoms with Crippen LogP contribution in [-0.2, 0) is 6.54 Å². The summed E-state index contributed by atoms with van der Waals surface area (Å²) in [5.41, 5.74) is 2.06. The quantitative estimate of drug-likeness (QED) is 0.758. The minimum atomic E-state index is -0.322. The molecule has 1 aromatic carbocycles. The van der Waals surface area contributed by atoms with Gasteiger partial charge >= 0.3 is 0 Å². The normalized spacial score (nSPS) is 12.1. The molecule has 1 unspecified atom stereocenters. The Labute approximate surface area is 103 Å². The number of nitrogens with zero attached hydrogens (tertiary/aromatic N) is 1. The third kappa shape index (κ3) is 5.50. The van der Waals surface area contributed by atoms with Gasteiger partial charge in [-0.15, -0.1) is 0 Å². The average Bonchev–Trinajstić information content (AvgIpc) is 2.25. The summed E-state index contributed by atoms with van der Waals surface area (Å²) in [5.74, 6) is 5.51. The molecule has 1 rings (SSSR count). The molecular formula is C14H19NO2. The fourth-order valence-electron chi connectivity index (χ4n) is 1.72. The molecule has 1 aromatic rings. The van der Waals surface area contributed by atoms with Crippen LogP contribution in [0.2, 0.25) is 0 Å². The fraction of sp³-hybridized carbons (Fsp3) is 0.429. The Bertz CT molecular complexity index is 404. The Kier molecular flexibility index (Phi) is 5.71. The molecule has 0 aliphatic heterocycles. The van der Waals surface area contributed by atoms with Crippen LogP contribution >= 0.6 is 0 Å². The summed E-state index contributed by atoms with van der Waals surface area (Å²) in [6, 6.07) is 7.90. The second-order valence-electron chi connectivity index (χ2n) is 4.21. The van der Waals surface area contributed by atoms with E-state index in [1.165, 1.54) is 0 Å². The van der Waals surface area contributed by atoms with E-state index in [0.29, 0.717) is 6.54 Å². The standard InChI is InChI=1S/C14H19NO2/c1-12(17)10-15(2)11-14-6-3-5-13(9-14)7-4-8-16/h3,5-6,9,12,16-17H,8,10-11H2,1-2H3. The molecule has 3 nitrogen and oxygen atoms in total. The summed E-state index contributed by atoms with van der Waals surface area (Å²) < 4.78 is 0. The lowest BCUT2D eigenvalue weighted by atomic mass is 10.1. The Morgan fingerprint density at radius 2 is 2.18 bits per heavy atom. The van der Waals surface area contributed by atoms with Crippen LogP contribution in [0.4, 0.5) is 0 Å². The van der Waals surface area contributed by atoms with Crippen molar-refractivity contribution < 1.29 is 10.2 Å². The van der Waals surface area contributed by atoms with Crippen molar-refractivity contribution in [1.82, 2.24) is 4.90 Å². The first-order chi connectivity index (χ1) is 8.11. The summed E-state index contributed by atoms with van der Waals surface area (Å²) in [6.45, 7) is 3.08. The fourth-order valence-corrected chi connectivity index (χ4v) is 1.72. The predicted octanol–water partition coefficient (Wildman–Crippen LogP) is 0.843. The summed E-state index contributed by atoms with van der Waals surface area (Å²) in [6.07, 6.45) is -0.322. The van der Waals surface area contributed by atoms with Gasteiger partial charge in [-0.25, -0.2) is 0 Å². The zero-order valence-corrected chi connectivity index (χ0v) is 10.3. The van der Waals surface area contributed by atoms with Crippen molar-refractivity contribution in [3.8, 4) is 11.8 Å². The van der Waals surface area contributed by atoms with Gasteiger partial charge in [0.05, 0.1) is 6.10 Å². The molecule has 0 saturated carbocycles. The molecule has 0 aliphatic rings. The van der Waals surface area contributed by atoms with Crippen molar-refractivity contribution in [2.45, 2.75) is 19.6 Å². The molecule has 17 heavy (non-hydrogen) atoms. The van der Waals surface area contributed by atoms with E-state index >= 15 is 0 Å². The van der Waals surface area contributed by atoms with Crippen LogP contribution in [0.1, 0.15) is 18.1 Å². The van der Waals surface area contributed by atoms with Crippen LogP contribution in [0.5, 0.6) is 0 Å². The van der Waals surface area contributed by atoms with Crippen LogP contribution in [-0.4, -0.2) is 41.4 Å². The molecule has 0 fully saturated rings. The third-order valence-corrected chi connectivity index (χ3v) is 2.27. The molecule has 0 amide bonds. The van der Waals surface area contributed by atoms with Crippen LogP contribution in [0, 0.1) is 11.8 Å². The largest absolute Gasteiger partial charge is 0.392 e. The Balaban J connectivity index is 2.65. The molecule has 2 N–H and O–H groups in total. The van der Waals surface area contributed by atoms with Gasteiger partial charge in [0, 0.05) is 18.7 Å². The van der Waals surface area contributed by atoms with E-state index < -0.39 is 0 Å². The molecular weight excluding hydrogens is 214 g/mol. The maximum Gasteiger partial charge on any atom is 0.104 e. The molecule has 1 atom stereocenters. The van der Waals surface area contributed by atoms with Gasteiger partial charge in [0.2, 0.25) is 0 Å². The van der Waals surface area contributed by atoms with Crippen LogP contribution in [0.15, 0.2) is 24.3 Å². The van der Waals surface area contributed by atoms with E-state index in [1.807, 2.05) is 31.3 Å². The maximum absolute atomic E-state index is 9.28. The van der Waals surface area contributed by atoms with Crippen LogP contribution in [0.3, 0.4) is 0 Å². The lowest BCUT2D eigenvalue weighted by molar-refractivity contribution is 0.138. The molecule has 0 heterocycles.